The summed E-state index contributed by atoms with van der Waals surface area (Å²) in [5.74, 6) is -1.35. The number of nitrogens with zero attached hydrogens (tertiary/aromatic N) is 1. The third kappa shape index (κ3) is 13.8. The standard InChI is InChI=1S/C26H47NO8/c1-5-7-9-11-13-15-22(29)34-24-20(19-32-21(28)17-18-27(3)4)33-26(31)25(24)35-23(30)16-14-12-10-8-6-2/h20,24-26,31H,5-19H2,1-4H3/t20-,24+,25+,26-/m1/s1. The van der Waals surface area contributed by atoms with E-state index in [-0.39, 0.29) is 25.9 Å². The molecule has 1 fully saturated rings. The van der Waals surface area contributed by atoms with Gasteiger partial charge in [0.2, 0.25) is 0 Å². The quantitative estimate of drug-likeness (QED) is 0.161. The molecular formula is C26H47NO8. The third-order valence-corrected chi connectivity index (χ3v) is 5.96. The van der Waals surface area contributed by atoms with E-state index in [1.165, 1.54) is 0 Å². The number of hydrogen-bond acceptors (Lipinski definition) is 9. The molecule has 0 aromatic rings. The minimum absolute atomic E-state index is 0.195. The minimum Gasteiger partial charge on any atom is -0.463 e. The van der Waals surface area contributed by atoms with Gasteiger partial charge < -0.3 is 29.0 Å². The van der Waals surface area contributed by atoms with Crippen LogP contribution in [-0.4, -0.2) is 79.8 Å². The van der Waals surface area contributed by atoms with Gasteiger partial charge in [0.25, 0.3) is 0 Å². The van der Waals surface area contributed by atoms with E-state index in [2.05, 4.69) is 13.8 Å². The first-order valence-electron chi connectivity index (χ1n) is 13.3. The summed E-state index contributed by atoms with van der Waals surface area (Å²) in [6, 6.07) is 0. The van der Waals surface area contributed by atoms with Crippen LogP contribution in [0.3, 0.4) is 0 Å². The molecule has 0 aromatic heterocycles. The summed E-state index contributed by atoms with van der Waals surface area (Å²) in [6.07, 6.45) is 5.87. The van der Waals surface area contributed by atoms with E-state index in [9.17, 15) is 19.5 Å². The van der Waals surface area contributed by atoms with Crippen LogP contribution in [0.25, 0.3) is 0 Å². The Labute approximate surface area is 210 Å². The molecule has 0 aliphatic carbocycles. The maximum atomic E-state index is 12.5. The Bertz CT molecular complexity index is 612. The molecule has 1 aliphatic rings. The highest BCUT2D eigenvalue weighted by atomic mass is 16.7. The van der Waals surface area contributed by atoms with Gasteiger partial charge in [0.05, 0.1) is 6.42 Å². The van der Waals surface area contributed by atoms with Gasteiger partial charge in [-0.15, -0.1) is 0 Å². The van der Waals surface area contributed by atoms with Crippen molar-refractivity contribution >= 4 is 17.9 Å². The van der Waals surface area contributed by atoms with Crippen molar-refractivity contribution in [2.45, 2.75) is 122 Å². The number of aliphatic hydroxyl groups is 1. The molecule has 1 heterocycles. The highest BCUT2D eigenvalue weighted by molar-refractivity contribution is 5.71. The largest absolute Gasteiger partial charge is 0.463 e. The number of ether oxygens (including phenoxy) is 4. The average molecular weight is 502 g/mol. The van der Waals surface area contributed by atoms with Crippen molar-refractivity contribution in [3.8, 4) is 0 Å². The summed E-state index contributed by atoms with van der Waals surface area (Å²) in [6.45, 7) is 4.57. The van der Waals surface area contributed by atoms with Crippen LogP contribution in [0.2, 0.25) is 0 Å². The van der Waals surface area contributed by atoms with Crippen molar-refractivity contribution in [3.05, 3.63) is 0 Å². The molecule has 0 spiro atoms. The maximum Gasteiger partial charge on any atom is 0.307 e. The molecule has 0 unspecified atom stereocenters. The van der Waals surface area contributed by atoms with Crippen molar-refractivity contribution in [1.82, 2.24) is 4.90 Å². The number of rotatable bonds is 19. The normalized spacial score (nSPS) is 21.8. The second-order valence-electron chi connectivity index (χ2n) is 9.54. The van der Waals surface area contributed by atoms with Gasteiger partial charge >= 0.3 is 17.9 Å². The van der Waals surface area contributed by atoms with Crippen molar-refractivity contribution in [1.29, 1.82) is 0 Å². The number of carbonyl (C=O) groups is 3. The summed E-state index contributed by atoms with van der Waals surface area (Å²) in [7, 11) is 3.70. The van der Waals surface area contributed by atoms with Crippen LogP contribution in [0.15, 0.2) is 0 Å². The highest BCUT2D eigenvalue weighted by Gasteiger charge is 2.49. The predicted octanol–water partition coefficient (Wildman–Crippen LogP) is 3.74. The summed E-state index contributed by atoms with van der Waals surface area (Å²) >= 11 is 0. The molecule has 35 heavy (non-hydrogen) atoms. The van der Waals surface area contributed by atoms with Gasteiger partial charge in [0.1, 0.15) is 12.7 Å². The van der Waals surface area contributed by atoms with E-state index in [1.807, 2.05) is 19.0 Å². The molecule has 0 bridgehead atoms. The number of aliphatic hydroxyl groups excluding tert-OH is 1. The van der Waals surface area contributed by atoms with Crippen molar-refractivity contribution in [3.63, 3.8) is 0 Å². The SMILES string of the molecule is CCCCCCCC(=O)O[C@@H]1[C@H](OC(=O)CCCCCCC)[C@H](O)O[C@@H]1COC(=O)CCN(C)C. The minimum atomic E-state index is -1.47. The van der Waals surface area contributed by atoms with Gasteiger partial charge in [-0.1, -0.05) is 65.2 Å². The molecule has 204 valence electrons. The van der Waals surface area contributed by atoms with Gasteiger partial charge in [0, 0.05) is 19.4 Å². The lowest BCUT2D eigenvalue weighted by Crippen LogP contribution is -2.42. The fraction of sp³-hybridized carbons (Fsp3) is 0.885. The van der Waals surface area contributed by atoms with Gasteiger partial charge in [-0.2, -0.15) is 0 Å². The molecule has 1 aliphatic heterocycles. The molecule has 0 saturated carbocycles. The van der Waals surface area contributed by atoms with Gasteiger partial charge in [-0.25, -0.2) is 0 Å². The van der Waals surface area contributed by atoms with Gasteiger partial charge in [-0.05, 0) is 26.9 Å². The third-order valence-electron chi connectivity index (χ3n) is 5.96. The lowest BCUT2D eigenvalue weighted by molar-refractivity contribution is -0.177. The molecule has 1 saturated heterocycles. The predicted molar refractivity (Wildman–Crippen MR) is 132 cm³/mol. The Morgan fingerprint density at radius 3 is 1.77 bits per heavy atom. The second-order valence-corrected chi connectivity index (χ2v) is 9.54. The monoisotopic (exact) mass is 501 g/mol. The fourth-order valence-electron chi connectivity index (χ4n) is 3.84. The molecule has 9 nitrogen and oxygen atoms in total. The van der Waals surface area contributed by atoms with E-state index in [1.54, 1.807) is 0 Å². The van der Waals surface area contributed by atoms with Gasteiger partial charge in [-0.3, -0.25) is 14.4 Å². The zero-order valence-electron chi connectivity index (χ0n) is 22.2. The summed E-state index contributed by atoms with van der Waals surface area (Å²) in [4.78, 5) is 38.8. The highest BCUT2D eigenvalue weighted by Crippen LogP contribution is 2.27. The van der Waals surface area contributed by atoms with Crippen LogP contribution in [0.4, 0.5) is 0 Å². The summed E-state index contributed by atoms with van der Waals surface area (Å²) < 4.78 is 21.9. The molecule has 1 N–H and O–H groups in total. The average Bonchev–Trinajstić information content (AvgIpc) is 3.09. The fourth-order valence-corrected chi connectivity index (χ4v) is 3.84. The van der Waals surface area contributed by atoms with Crippen LogP contribution in [-0.2, 0) is 33.3 Å². The Kier molecular flexibility index (Phi) is 16.6. The molecule has 0 aromatic carbocycles. The Hall–Kier alpha value is -1.71. The Morgan fingerprint density at radius 2 is 1.26 bits per heavy atom. The Balaban J connectivity index is 2.68. The first-order valence-corrected chi connectivity index (χ1v) is 13.3. The Morgan fingerprint density at radius 1 is 0.743 bits per heavy atom. The summed E-state index contributed by atoms with van der Waals surface area (Å²) in [5.41, 5.74) is 0. The van der Waals surface area contributed by atoms with Gasteiger partial charge in [0.15, 0.2) is 18.5 Å². The first-order chi connectivity index (χ1) is 16.8. The number of esters is 3. The smallest absolute Gasteiger partial charge is 0.307 e. The van der Waals surface area contributed by atoms with Crippen LogP contribution in [0, 0.1) is 0 Å². The number of carbonyl (C=O) groups excluding carboxylic acids is 3. The summed E-state index contributed by atoms with van der Waals surface area (Å²) in [5, 5.41) is 10.4. The van der Waals surface area contributed by atoms with Crippen LogP contribution < -0.4 is 0 Å². The van der Waals surface area contributed by atoms with Crippen LogP contribution in [0.5, 0.6) is 0 Å². The number of hydrogen-bond donors (Lipinski definition) is 1. The van der Waals surface area contributed by atoms with E-state index in [0.29, 0.717) is 19.4 Å². The first kappa shape index (κ1) is 31.3. The molecule has 0 amide bonds. The second kappa shape index (κ2) is 18.5. The number of unbranched alkanes of at least 4 members (excludes halogenated alkanes) is 8. The van der Waals surface area contributed by atoms with Crippen LogP contribution in [0.1, 0.15) is 97.3 Å². The molecule has 1 rings (SSSR count). The van der Waals surface area contributed by atoms with Crippen LogP contribution >= 0.6 is 0 Å². The zero-order valence-corrected chi connectivity index (χ0v) is 22.2. The van der Waals surface area contributed by atoms with Crippen molar-refractivity contribution in [2.75, 3.05) is 27.2 Å². The molecule has 4 atom stereocenters. The van der Waals surface area contributed by atoms with E-state index in [4.69, 9.17) is 18.9 Å². The topological polar surface area (TPSA) is 112 Å². The van der Waals surface area contributed by atoms with Crippen molar-refractivity contribution < 1.29 is 38.4 Å². The maximum absolute atomic E-state index is 12.5. The molecule has 0 radical (unpaired) electrons. The lowest BCUT2D eigenvalue weighted by Gasteiger charge is -2.23. The zero-order chi connectivity index (χ0) is 26.1. The molecular weight excluding hydrogens is 454 g/mol. The van der Waals surface area contributed by atoms with E-state index < -0.39 is 42.5 Å². The lowest BCUT2D eigenvalue weighted by atomic mass is 10.1. The van der Waals surface area contributed by atoms with Crippen molar-refractivity contribution in [2.24, 2.45) is 0 Å². The van der Waals surface area contributed by atoms with E-state index in [0.717, 1.165) is 51.4 Å². The molecule has 9 heteroatoms. The van der Waals surface area contributed by atoms with E-state index >= 15 is 0 Å².